The largest absolute Gasteiger partial charge is 0.508 e. The lowest BCUT2D eigenvalue weighted by atomic mass is 10.0. The highest BCUT2D eigenvalue weighted by Gasteiger charge is 2.30. The van der Waals surface area contributed by atoms with Crippen LogP contribution < -0.4 is 4.90 Å². The average Bonchev–Trinajstić information content (AvgIpc) is 2.28. The predicted molar refractivity (Wildman–Crippen MR) is 69.3 cm³/mol. The normalized spacial score (nSPS) is 17.1. The van der Waals surface area contributed by atoms with Crippen molar-refractivity contribution in [2.45, 2.75) is 18.2 Å². The molecule has 1 heterocycles. The monoisotopic (exact) mass is 269 g/mol. The van der Waals surface area contributed by atoms with Gasteiger partial charge in [0, 0.05) is 18.3 Å². The molecule has 0 saturated carbocycles. The van der Waals surface area contributed by atoms with Gasteiger partial charge in [0.15, 0.2) is 5.37 Å². The Morgan fingerprint density at radius 3 is 2.78 bits per heavy atom. The number of aryl methyl sites for hydroxylation is 1. The van der Waals surface area contributed by atoms with E-state index < -0.39 is 15.5 Å². The van der Waals surface area contributed by atoms with Crippen LogP contribution in [0, 0.1) is 0 Å². The third kappa shape index (κ3) is 2.34. The molecule has 0 aliphatic carbocycles. The first-order valence-electron chi connectivity index (χ1n) is 5.61. The molecule has 18 heavy (non-hydrogen) atoms. The number of phenols is 1. The maximum atomic E-state index is 11.3. The molecule has 0 saturated heterocycles. The van der Waals surface area contributed by atoms with Gasteiger partial charge in [0.2, 0.25) is 0 Å². The van der Waals surface area contributed by atoms with Gasteiger partial charge in [-0.15, -0.1) is 0 Å². The minimum atomic E-state index is -4.24. The summed E-state index contributed by atoms with van der Waals surface area (Å²) in [5, 5.41) is 8.32. The SMILES string of the molecule is C=CC(N1CCCc2ccc(O)cc21)S(=O)(=O)O. The second kappa shape index (κ2) is 4.62. The van der Waals surface area contributed by atoms with E-state index in [4.69, 9.17) is 0 Å². The van der Waals surface area contributed by atoms with Gasteiger partial charge in [0.1, 0.15) is 5.75 Å². The number of phenolic OH excluding ortho intramolecular Hbond substituents is 1. The molecule has 2 rings (SSSR count). The molecule has 0 radical (unpaired) electrons. The van der Waals surface area contributed by atoms with Crippen molar-refractivity contribution < 1.29 is 18.1 Å². The molecule has 6 heteroatoms. The first-order valence-corrected chi connectivity index (χ1v) is 7.11. The molecule has 0 bridgehead atoms. The molecule has 1 unspecified atom stereocenters. The number of aromatic hydroxyl groups is 1. The first kappa shape index (κ1) is 12.9. The molecule has 0 aromatic heterocycles. The molecular formula is C12H15NO4S. The van der Waals surface area contributed by atoms with Gasteiger partial charge in [-0.2, -0.15) is 8.42 Å². The van der Waals surface area contributed by atoms with Gasteiger partial charge in [-0.05, 0) is 24.5 Å². The number of hydrogen-bond acceptors (Lipinski definition) is 4. The Bertz CT molecular complexity index is 567. The van der Waals surface area contributed by atoms with Crippen molar-refractivity contribution in [2.24, 2.45) is 0 Å². The summed E-state index contributed by atoms with van der Waals surface area (Å²) in [7, 11) is -4.24. The van der Waals surface area contributed by atoms with Crippen molar-refractivity contribution in [1.29, 1.82) is 0 Å². The maximum Gasteiger partial charge on any atom is 0.290 e. The summed E-state index contributed by atoms with van der Waals surface area (Å²) < 4.78 is 31.9. The fourth-order valence-corrected chi connectivity index (χ4v) is 3.05. The quantitative estimate of drug-likeness (QED) is 0.643. The van der Waals surface area contributed by atoms with E-state index >= 15 is 0 Å². The molecule has 2 N–H and O–H groups in total. The van der Waals surface area contributed by atoms with E-state index in [0.29, 0.717) is 12.2 Å². The molecular weight excluding hydrogens is 254 g/mol. The summed E-state index contributed by atoms with van der Waals surface area (Å²) in [6.45, 7) is 3.95. The van der Waals surface area contributed by atoms with E-state index in [-0.39, 0.29) is 5.75 Å². The Labute approximate surface area is 106 Å². The van der Waals surface area contributed by atoms with E-state index in [1.165, 1.54) is 12.1 Å². The number of hydrogen-bond donors (Lipinski definition) is 2. The summed E-state index contributed by atoms with van der Waals surface area (Å²) in [6, 6.07) is 4.84. The summed E-state index contributed by atoms with van der Waals surface area (Å²) >= 11 is 0. The molecule has 0 fully saturated rings. The standard InChI is InChI=1S/C12H15NO4S/c1-2-12(18(15,16)17)13-7-3-4-9-5-6-10(14)8-11(9)13/h2,5-6,8,12,14H,1,3-4,7H2,(H,15,16,17). The van der Waals surface area contributed by atoms with E-state index in [9.17, 15) is 18.1 Å². The third-order valence-electron chi connectivity index (χ3n) is 3.04. The van der Waals surface area contributed by atoms with E-state index in [0.717, 1.165) is 18.4 Å². The highest BCUT2D eigenvalue weighted by atomic mass is 32.2. The van der Waals surface area contributed by atoms with Crippen LogP contribution in [0.4, 0.5) is 5.69 Å². The van der Waals surface area contributed by atoms with Crippen LogP contribution >= 0.6 is 0 Å². The minimum absolute atomic E-state index is 0.0683. The minimum Gasteiger partial charge on any atom is -0.508 e. The zero-order chi connectivity index (χ0) is 13.3. The first-order chi connectivity index (χ1) is 8.43. The number of rotatable bonds is 3. The van der Waals surface area contributed by atoms with Crippen LogP contribution in [-0.2, 0) is 16.5 Å². The van der Waals surface area contributed by atoms with Crippen molar-refractivity contribution in [3.8, 4) is 5.75 Å². The smallest absolute Gasteiger partial charge is 0.290 e. The average molecular weight is 269 g/mol. The summed E-state index contributed by atoms with van der Waals surface area (Å²) in [5.41, 5.74) is 1.58. The molecule has 0 spiro atoms. The van der Waals surface area contributed by atoms with Crippen LogP contribution in [0.2, 0.25) is 0 Å². The van der Waals surface area contributed by atoms with Crippen molar-refractivity contribution in [3.63, 3.8) is 0 Å². The van der Waals surface area contributed by atoms with Crippen molar-refractivity contribution in [3.05, 3.63) is 36.4 Å². The Morgan fingerprint density at radius 2 is 2.17 bits per heavy atom. The maximum absolute atomic E-state index is 11.3. The molecule has 1 aromatic carbocycles. The van der Waals surface area contributed by atoms with Gasteiger partial charge in [0.05, 0.1) is 0 Å². The van der Waals surface area contributed by atoms with Crippen LogP contribution in [0.1, 0.15) is 12.0 Å². The Balaban J connectivity index is 2.49. The second-order valence-electron chi connectivity index (χ2n) is 4.25. The molecule has 1 atom stereocenters. The molecule has 98 valence electrons. The Morgan fingerprint density at radius 1 is 1.44 bits per heavy atom. The molecule has 1 aliphatic rings. The Kier molecular flexibility index (Phi) is 3.32. The van der Waals surface area contributed by atoms with Gasteiger partial charge in [0.25, 0.3) is 10.1 Å². The highest BCUT2D eigenvalue weighted by Crippen LogP contribution is 2.32. The van der Waals surface area contributed by atoms with Crippen LogP contribution in [0.25, 0.3) is 0 Å². The van der Waals surface area contributed by atoms with Crippen LogP contribution in [-0.4, -0.2) is 30.0 Å². The van der Waals surface area contributed by atoms with Gasteiger partial charge in [-0.1, -0.05) is 18.7 Å². The van der Waals surface area contributed by atoms with Crippen LogP contribution in [0.15, 0.2) is 30.9 Å². The van der Waals surface area contributed by atoms with Crippen molar-refractivity contribution >= 4 is 15.8 Å². The van der Waals surface area contributed by atoms with Crippen molar-refractivity contribution in [2.75, 3.05) is 11.4 Å². The van der Waals surface area contributed by atoms with E-state index in [1.807, 2.05) is 0 Å². The molecule has 1 aromatic rings. The number of benzene rings is 1. The number of anilines is 1. The van der Waals surface area contributed by atoms with Crippen LogP contribution in [0.5, 0.6) is 5.75 Å². The fraction of sp³-hybridized carbons (Fsp3) is 0.333. The molecule has 0 amide bonds. The zero-order valence-electron chi connectivity index (χ0n) is 9.78. The summed E-state index contributed by atoms with van der Waals surface area (Å²) in [4.78, 5) is 1.54. The lowest BCUT2D eigenvalue weighted by molar-refractivity contribution is 0.466. The molecule has 1 aliphatic heterocycles. The fourth-order valence-electron chi connectivity index (χ4n) is 2.27. The topological polar surface area (TPSA) is 77.8 Å². The van der Waals surface area contributed by atoms with Gasteiger partial charge in [-0.3, -0.25) is 4.55 Å². The second-order valence-corrected chi connectivity index (χ2v) is 5.76. The van der Waals surface area contributed by atoms with Crippen molar-refractivity contribution in [1.82, 2.24) is 0 Å². The van der Waals surface area contributed by atoms with E-state index in [1.54, 1.807) is 17.0 Å². The zero-order valence-corrected chi connectivity index (χ0v) is 10.6. The Hall–Kier alpha value is -1.53. The lowest BCUT2D eigenvalue weighted by Crippen LogP contribution is -2.42. The van der Waals surface area contributed by atoms with Gasteiger partial charge in [-0.25, -0.2) is 0 Å². The number of fused-ring (bicyclic) bond motifs is 1. The van der Waals surface area contributed by atoms with Gasteiger partial charge < -0.3 is 10.0 Å². The van der Waals surface area contributed by atoms with Gasteiger partial charge >= 0.3 is 0 Å². The number of nitrogens with zero attached hydrogens (tertiary/aromatic N) is 1. The summed E-state index contributed by atoms with van der Waals surface area (Å²) in [6.07, 6.45) is 2.80. The highest BCUT2D eigenvalue weighted by molar-refractivity contribution is 7.86. The van der Waals surface area contributed by atoms with E-state index in [2.05, 4.69) is 6.58 Å². The lowest BCUT2D eigenvalue weighted by Gasteiger charge is -2.34. The predicted octanol–water partition coefficient (Wildman–Crippen LogP) is 1.54. The third-order valence-corrected chi connectivity index (χ3v) is 4.09. The summed E-state index contributed by atoms with van der Waals surface area (Å²) in [5.74, 6) is 0.0683. The van der Waals surface area contributed by atoms with Crippen LogP contribution in [0.3, 0.4) is 0 Å². The molecule has 5 nitrogen and oxygen atoms in total.